The third-order valence-corrected chi connectivity index (χ3v) is 3.10. The molecule has 0 aromatic carbocycles. The molecule has 2 heterocycles. The van der Waals surface area contributed by atoms with E-state index in [2.05, 4.69) is 40.0 Å². The highest BCUT2D eigenvalue weighted by Crippen LogP contribution is 2.09. The van der Waals surface area contributed by atoms with Crippen molar-refractivity contribution in [2.45, 2.75) is 26.6 Å². The van der Waals surface area contributed by atoms with Crippen LogP contribution in [0, 0.1) is 0 Å². The van der Waals surface area contributed by atoms with Gasteiger partial charge >= 0.3 is 0 Å². The monoisotopic (exact) mass is 256 g/mol. The first kappa shape index (κ1) is 13.6. The molecule has 2 aromatic heterocycles. The molecule has 0 atom stereocenters. The van der Waals surface area contributed by atoms with Crippen LogP contribution in [0.5, 0.6) is 0 Å². The Balaban J connectivity index is 2.02. The zero-order valence-electron chi connectivity index (χ0n) is 11.3. The smallest absolute Gasteiger partial charge is 0.0542 e. The van der Waals surface area contributed by atoms with Gasteiger partial charge in [-0.25, -0.2) is 0 Å². The number of hydrogen-bond acceptors (Lipinski definition) is 4. The summed E-state index contributed by atoms with van der Waals surface area (Å²) in [5.41, 5.74) is 9.10. The summed E-state index contributed by atoms with van der Waals surface area (Å²) in [5, 5.41) is 0. The van der Waals surface area contributed by atoms with Crippen LogP contribution < -0.4 is 5.73 Å². The first-order valence-corrected chi connectivity index (χ1v) is 6.57. The Hall–Kier alpha value is -1.78. The molecule has 19 heavy (non-hydrogen) atoms. The second kappa shape index (κ2) is 6.97. The van der Waals surface area contributed by atoms with Crippen LogP contribution in [0.15, 0.2) is 42.9 Å². The minimum atomic E-state index is 0.490. The van der Waals surface area contributed by atoms with Gasteiger partial charge in [-0.05, 0) is 41.9 Å². The van der Waals surface area contributed by atoms with Crippen LogP contribution in [0.2, 0.25) is 0 Å². The van der Waals surface area contributed by atoms with Crippen molar-refractivity contribution in [3.05, 3.63) is 59.7 Å². The molecule has 2 aromatic rings. The van der Waals surface area contributed by atoms with Gasteiger partial charge in [-0.15, -0.1) is 0 Å². The highest BCUT2D eigenvalue weighted by atomic mass is 15.1. The molecular formula is C15H20N4. The largest absolute Gasteiger partial charge is 0.325 e. The van der Waals surface area contributed by atoms with Gasteiger partial charge in [0.1, 0.15) is 0 Å². The Morgan fingerprint density at radius 1 is 1.05 bits per heavy atom. The van der Waals surface area contributed by atoms with Gasteiger partial charge in [0.25, 0.3) is 0 Å². The van der Waals surface area contributed by atoms with Crippen LogP contribution in [0.25, 0.3) is 0 Å². The Bertz CT molecular complexity index is 499. The molecule has 0 fully saturated rings. The molecule has 0 saturated carbocycles. The van der Waals surface area contributed by atoms with E-state index in [1.165, 1.54) is 11.1 Å². The average molecular weight is 256 g/mol. The highest BCUT2D eigenvalue weighted by Gasteiger charge is 2.05. The minimum Gasteiger partial charge on any atom is -0.325 e. The highest BCUT2D eigenvalue weighted by molar-refractivity contribution is 5.17. The lowest BCUT2D eigenvalue weighted by atomic mass is 10.2. The average Bonchev–Trinajstić information content (AvgIpc) is 2.48. The van der Waals surface area contributed by atoms with Crippen LogP contribution in [0.1, 0.15) is 23.7 Å². The van der Waals surface area contributed by atoms with E-state index in [1.807, 2.05) is 24.7 Å². The fourth-order valence-corrected chi connectivity index (χ4v) is 2.02. The standard InChI is InChI=1S/C15H20N4/c1-2-19(11-13-3-6-17-7-4-13)12-14-5-8-18-15(9-14)10-16/h3-9H,2,10-12,16H2,1H3. The fourth-order valence-electron chi connectivity index (χ4n) is 2.02. The zero-order chi connectivity index (χ0) is 13.5. The second-order valence-electron chi connectivity index (χ2n) is 4.52. The summed E-state index contributed by atoms with van der Waals surface area (Å²) in [6, 6.07) is 8.24. The lowest BCUT2D eigenvalue weighted by Crippen LogP contribution is -2.22. The van der Waals surface area contributed by atoms with E-state index in [1.54, 1.807) is 0 Å². The SMILES string of the molecule is CCN(Cc1ccncc1)Cc1ccnc(CN)c1. The van der Waals surface area contributed by atoms with Crippen molar-refractivity contribution in [1.29, 1.82) is 0 Å². The molecule has 2 N–H and O–H groups in total. The molecule has 4 heteroatoms. The molecule has 0 saturated heterocycles. The third kappa shape index (κ3) is 4.12. The van der Waals surface area contributed by atoms with Crippen LogP contribution >= 0.6 is 0 Å². The van der Waals surface area contributed by atoms with E-state index < -0.39 is 0 Å². The Labute approximate surface area is 114 Å². The van der Waals surface area contributed by atoms with E-state index in [-0.39, 0.29) is 0 Å². The number of nitrogens with two attached hydrogens (primary N) is 1. The predicted molar refractivity (Wildman–Crippen MR) is 76.2 cm³/mol. The molecule has 4 nitrogen and oxygen atoms in total. The molecule has 0 bridgehead atoms. The van der Waals surface area contributed by atoms with Gasteiger partial charge < -0.3 is 5.73 Å². The van der Waals surface area contributed by atoms with E-state index >= 15 is 0 Å². The van der Waals surface area contributed by atoms with Crippen LogP contribution in [-0.2, 0) is 19.6 Å². The maximum Gasteiger partial charge on any atom is 0.0542 e. The number of pyridine rings is 2. The van der Waals surface area contributed by atoms with Crippen LogP contribution in [0.3, 0.4) is 0 Å². The lowest BCUT2D eigenvalue weighted by molar-refractivity contribution is 0.271. The van der Waals surface area contributed by atoms with Gasteiger partial charge in [-0.1, -0.05) is 6.92 Å². The number of aromatic nitrogens is 2. The summed E-state index contributed by atoms with van der Waals surface area (Å²) in [7, 11) is 0. The summed E-state index contributed by atoms with van der Waals surface area (Å²) in [6.07, 6.45) is 5.50. The van der Waals surface area contributed by atoms with Crippen LogP contribution in [0.4, 0.5) is 0 Å². The molecule has 0 radical (unpaired) electrons. The molecule has 0 spiro atoms. The van der Waals surface area contributed by atoms with Crippen molar-refractivity contribution in [2.24, 2.45) is 5.73 Å². The van der Waals surface area contributed by atoms with Crippen molar-refractivity contribution in [1.82, 2.24) is 14.9 Å². The molecule has 2 rings (SSSR count). The zero-order valence-corrected chi connectivity index (χ0v) is 11.3. The molecule has 0 amide bonds. The lowest BCUT2D eigenvalue weighted by Gasteiger charge is -2.20. The van der Waals surface area contributed by atoms with Crippen molar-refractivity contribution in [3.63, 3.8) is 0 Å². The molecular weight excluding hydrogens is 236 g/mol. The van der Waals surface area contributed by atoms with Gasteiger partial charge in [-0.2, -0.15) is 0 Å². The van der Waals surface area contributed by atoms with Crippen molar-refractivity contribution < 1.29 is 0 Å². The van der Waals surface area contributed by atoms with E-state index in [9.17, 15) is 0 Å². The maximum absolute atomic E-state index is 5.62. The van der Waals surface area contributed by atoms with Crippen molar-refractivity contribution >= 4 is 0 Å². The number of hydrogen-bond donors (Lipinski definition) is 1. The number of nitrogens with zero attached hydrogens (tertiary/aromatic N) is 3. The van der Waals surface area contributed by atoms with Gasteiger partial charge in [-0.3, -0.25) is 14.9 Å². The summed E-state index contributed by atoms with van der Waals surface area (Å²) in [4.78, 5) is 10.6. The molecule has 100 valence electrons. The second-order valence-corrected chi connectivity index (χ2v) is 4.52. The Morgan fingerprint density at radius 3 is 2.42 bits per heavy atom. The predicted octanol–water partition coefficient (Wildman–Crippen LogP) is 1.96. The quantitative estimate of drug-likeness (QED) is 0.858. The molecule has 0 aliphatic rings. The first-order chi connectivity index (χ1) is 9.31. The number of rotatable bonds is 6. The third-order valence-electron chi connectivity index (χ3n) is 3.10. The van der Waals surface area contributed by atoms with Gasteiger partial charge in [0.15, 0.2) is 0 Å². The van der Waals surface area contributed by atoms with Crippen molar-refractivity contribution in [3.8, 4) is 0 Å². The summed E-state index contributed by atoms with van der Waals surface area (Å²) in [5.74, 6) is 0. The normalized spacial score (nSPS) is 10.9. The Kier molecular flexibility index (Phi) is 5.01. The summed E-state index contributed by atoms with van der Waals surface area (Å²) < 4.78 is 0. The fraction of sp³-hybridized carbons (Fsp3) is 0.333. The van der Waals surface area contributed by atoms with E-state index in [0.29, 0.717) is 6.54 Å². The Morgan fingerprint density at radius 2 is 1.74 bits per heavy atom. The van der Waals surface area contributed by atoms with Gasteiger partial charge in [0, 0.05) is 38.2 Å². The minimum absolute atomic E-state index is 0.490. The maximum atomic E-state index is 5.62. The molecule has 0 aliphatic carbocycles. The van der Waals surface area contributed by atoms with Gasteiger partial charge in [0.05, 0.1) is 5.69 Å². The van der Waals surface area contributed by atoms with Crippen molar-refractivity contribution in [2.75, 3.05) is 6.54 Å². The summed E-state index contributed by atoms with van der Waals surface area (Å²) in [6.45, 7) is 5.51. The van der Waals surface area contributed by atoms with E-state index in [4.69, 9.17) is 5.73 Å². The molecule has 0 unspecified atom stereocenters. The first-order valence-electron chi connectivity index (χ1n) is 6.57. The van der Waals surface area contributed by atoms with Gasteiger partial charge in [0.2, 0.25) is 0 Å². The molecule has 0 aliphatic heterocycles. The van der Waals surface area contributed by atoms with Crippen LogP contribution in [-0.4, -0.2) is 21.4 Å². The van der Waals surface area contributed by atoms with E-state index in [0.717, 1.165) is 25.3 Å². The topological polar surface area (TPSA) is 55.0 Å². The summed E-state index contributed by atoms with van der Waals surface area (Å²) >= 11 is 0.